The van der Waals surface area contributed by atoms with Crippen molar-refractivity contribution in [2.45, 2.75) is 33.2 Å². The molecule has 0 saturated heterocycles. The molecule has 1 atom stereocenters. The van der Waals surface area contributed by atoms with Gasteiger partial charge in [0.1, 0.15) is 0 Å². The molecule has 20 heavy (non-hydrogen) atoms. The van der Waals surface area contributed by atoms with E-state index >= 15 is 0 Å². The number of carbonyl (C=O) groups is 2. The molecule has 0 bridgehead atoms. The summed E-state index contributed by atoms with van der Waals surface area (Å²) in [5.41, 5.74) is 7.98. The van der Waals surface area contributed by atoms with Crippen LogP contribution in [0.25, 0.3) is 0 Å². The van der Waals surface area contributed by atoms with Crippen molar-refractivity contribution >= 4 is 35.6 Å². The Morgan fingerprint density at radius 1 is 1.40 bits per heavy atom. The van der Waals surface area contributed by atoms with E-state index in [0.717, 1.165) is 11.3 Å². The molecule has 110 valence electrons. The van der Waals surface area contributed by atoms with Crippen LogP contribution in [0.2, 0.25) is 0 Å². The summed E-state index contributed by atoms with van der Waals surface area (Å²) in [7, 11) is 0. The van der Waals surface area contributed by atoms with E-state index in [9.17, 15) is 9.59 Å². The van der Waals surface area contributed by atoms with Crippen LogP contribution in [-0.2, 0) is 16.0 Å². The molecule has 6 heteroatoms. The number of hydrogen-bond acceptors (Lipinski definition) is 3. The fourth-order valence-electron chi connectivity index (χ4n) is 1.92. The number of anilines is 2. The number of benzene rings is 1. The van der Waals surface area contributed by atoms with Gasteiger partial charge in [0.05, 0.1) is 12.5 Å². The lowest BCUT2D eigenvalue weighted by Crippen LogP contribution is -2.45. The zero-order chi connectivity index (χ0) is 14.2. The smallest absolute Gasteiger partial charge is 0.241 e. The number of amides is 2. The first-order valence-electron chi connectivity index (χ1n) is 6.26. The number of nitrogens with one attached hydrogen (secondary N) is 2. The molecule has 4 N–H and O–H groups in total. The van der Waals surface area contributed by atoms with Gasteiger partial charge in [-0.15, -0.1) is 12.4 Å². The maximum Gasteiger partial charge on any atom is 0.241 e. The number of nitrogens with two attached hydrogens (primary N) is 1. The van der Waals surface area contributed by atoms with Gasteiger partial charge in [0.15, 0.2) is 0 Å². The van der Waals surface area contributed by atoms with Crippen molar-refractivity contribution in [3.05, 3.63) is 23.8 Å². The molecule has 0 spiro atoms. The van der Waals surface area contributed by atoms with Crippen LogP contribution in [0, 0.1) is 5.41 Å². The number of rotatable bonds is 2. The topological polar surface area (TPSA) is 84.2 Å². The van der Waals surface area contributed by atoms with Crippen LogP contribution in [0.3, 0.4) is 0 Å². The Balaban J connectivity index is 0.00000200. The molecular formula is C14H20ClN3O2. The van der Waals surface area contributed by atoms with Crippen LogP contribution in [0.4, 0.5) is 11.4 Å². The molecule has 2 rings (SSSR count). The zero-order valence-electron chi connectivity index (χ0n) is 11.8. The highest BCUT2D eigenvalue weighted by Crippen LogP contribution is 2.26. The van der Waals surface area contributed by atoms with Gasteiger partial charge in [0.2, 0.25) is 11.8 Å². The van der Waals surface area contributed by atoms with E-state index < -0.39 is 6.04 Å². The van der Waals surface area contributed by atoms with Crippen LogP contribution in [0.5, 0.6) is 0 Å². The van der Waals surface area contributed by atoms with E-state index in [4.69, 9.17) is 5.73 Å². The van der Waals surface area contributed by atoms with Gasteiger partial charge in [0, 0.05) is 11.4 Å². The Hall–Kier alpha value is -1.59. The van der Waals surface area contributed by atoms with Crippen molar-refractivity contribution < 1.29 is 9.59 Å². The van der Waals surface area contributed by atoms with Crippen LogP contribution in [-0.4, -0.2) is 17.9 Å². The summed E-state index contributed by atoms with van der Waals surface area (Å²) in [5.74, 6) is -0.241. The van der Waals surface area contributed by atoms with Crippen molar-refractivity contribution in [1.82, 2.24) is 0 Å². The minimum Gasteiger partial charge on any atom is -0.326 e. The van der Waals surface area contributed by atoms with Gasteiger partial charge in [-0.2, -0.15) is 0 Å². The third-order valence-electron chi connectivity index (χ3n) is 3.21. The molecule has 0 radical (unpaired) electrons. The van der Waals surface area contributed by atoms with E-state index in [-0.39, 0.29) is 29.6 Å². The summed E-state index contributed by atoms with van der Waals surface area (Å²) in [6, 6.07) is 4.77. The first-order valence-corrected chi connectivity index (χ1v) is 6.26. The van der Waals surface area contributed by atoms with Gasteiger partial charge in [-0.1, -0.05) is 20.8 Å². The first kappa shape index (κ1) is 16.5. The second-order valence-corrected chi connectivity index (χ2v) is 5.93. The molecule has 0 fully saturated rings. The molecule has 1 heterocycles. The lowest BCUT2D eigenvalue weighted by Gasteiger charge is -2.25. The maximum atomic E-state index is 12.0. The van der Waals surface area contributed by atoms with Gasteiger partial charge in [0.25, 0.3) is 0 Å². The van der Waals surface area contributed by atoms with Gasteiger partial charge in [-0.05, 0) is 29.2 Å². The molecule has 1 aliphatic heterocycles. The fourth-order valence-corrected chi connectivity index (χ4v) is 1.92. The molecule has 1 aliphatic rings. The number of fused-ring (bicyclic) bond motifs is 1. The molecular weight excluding hydrogens is 278 g/mol. The second-order valence-electron chi connectivity index (χ2n) is 5.93. The molecule has 1 aromatic carbocycles. The summed E-state index contributed by atoms with van der Waals surface area (Å²) in [4.78, 5) is 23.3. The Labute approximate surface area is 124 Å². The Kier molecular flexibility index (Phi) is 4.78. The summed E-state index contributed by atoms with van der Waals surface area (Å²) >= 11 is 0. The average Bonchev–Trinajstić information content (AvgIpc) is 2.66. The predicted molar refractivity (Wildman–Crippen MR) is 82.1 cm³/mol. The fraction of sp³-hybridized carbons (Fsp3) is 0.429. The molecule has 0 saturated carbocycles. The van der Waals surface area contributed by atoms with Crippen molar-refractivity contribution in [3.8, 4) is 0 Å². The van der Waals surface area contributed by atoms with E-state index in [0.29, 0.717) is 12.1 Å². The third-order valence-corrected chi connectivity index (χ3v) is 3.21. The average molecular weight is 298 g/mol. The number of carbonyl (C=O) groups excluding carboxylic acids is 2. The van der Waals surface area contributed by atoms with E-state index in [1.165, 1.54) is 0 Å². The Bertz CT molecular complexity index is 538. The highest BCUT2D eigenvalue weighted by atomic mass is 35.5. The third kappa shape index (κ3) is 3.49. The molecule has 0 aliphatic carbocycles. The van der Waals surface area contributed by atoms with E-state index in [1.807, 2.05) is 20.8 Å². The molecule has 5 nitrogen and oxygen atoms in total. The summed E-state index contributed by atoms with van der Waals surface area (Å²) in [5, 5.41) is 5.54. The number of halogens is 1. The normalized spacial score (nSPS) is 14.9. The van der Waals surface area contributed by atoms with Gasteiger partial charge < -0.3 is 16.4 Å². The van der Waals surface area contributed by atoms with Gasteiger partial charge in [-0.3, -0.25) is 9.59 Å². The van der Waals surface area contributed by atoms with Crippen molar-refractivity contribution in [3.63, 3.8) is 0 Å². The van der Waals surface area contributed by atoms with Crippen LogP contribution in [0.15, 0.2) is 18.2 Å². The summed E-state index contributed by atoms with van der Waals surface area (Å²) in [6.07, 6.45) is 0.352. The molecule has 0 unspecified atom stereocenters. The monoisotopic (exact) mass is 297 g/mol. The molecule has 2 amide bonds. The SMILES string of the molecule is CC(C)(C)[C@H](N)C(=O)Nc1ccc2c(c1)CC(=O)N2.Cl. The summed E-state index contributed by atoms with van der Waals surface area (Å²) in [6.45, 7) is 5.76. The van der Waals surface area contributed by atoms with E-state index in [1.54, 1.807) is 18.2 Å². The molecule has 1 aromatic rings. The molecule has 0 aromatic heterocycles. The van der Waals surface area contributed by atoms with Crippen molar-refractivity contribution in [2.75, 3.05) is 10.6 Å². The Morgan fingerprint density at radius 3 is 2.65 bits per heavy atom. The largest absolute Gasteiger partial charge is 0.326 e. The standard InChI is InChI=1S/C14H19N3O2.ClH/c1-14(2,3)12(15)13(19)16-9-4-5-10-8(6-9)7-11(18)17-10;/h4-6,12H,7,15H2,1-3H3,(H,16,19)(H,17,18);1H/t12-;/m1./s1. The maximum absolute atomic E-state index is 12.0. The highest BCUT2D eigenvalue weighted by molar-refractivity contribution is 6.01. The Morgan fingerprint density at radius 2 is 2.05 bits per heavy atom. The minimum absolute atomic E-state index is 0. The van der Waals surface area contributed by atoms with Crippen molar-refractivity contribution in [2.24, 2.45) is 11.1 Å². The summed E-state index contributed by atoms with van der Waals surface area (Å²) < 4.78 is 0. The van der Waals surface area contributed by atoms with Crippen LogP contribution >= 0.6 is 12.4 Å². The second kappa shape index (κ2) is 5.81. The van der Waals surface area contributed by atoms with Crippen molar-refractivity contribution in [1.29, 1.82) is 0 Å². The lowest BCUT2D eigenvalue weighted by atomic mass is 9.87. The zero-order valence-corrected chi connectivity index (χ0v) is 12.6. The van der Waals surface area contributed by atoms with Crippen LogP contribution < -0.4 is 16.4 Å². The first-order chi connectivity index (χ1) is 8.77. The number of hydrogen-bond donors (Lipinski definition) is 3. The quantitative estimate of drug-likeness (QED) is 0.779. The van der Waals surface area contributed by atoms with Gasteiger partial charge >= 0.3 is 0 Å². The van der Waals surface area contributed by atoms with E-state index in [2.05, 4.69) is 10.6 Å². The highest BCUT2D eigenvalue weighted by Gasteiger charge is 2.27. The minimum atomic E-state index is -0.583. The predicted octanol–water partition coefficient (Wildman–Crippen LogP) is 1.91. The van der Waals surface area contributed by atoms with Gasteiger partial charge in [-0.25, -0.2) is 0 Å². The van der Waals surface area contributed by atoms with Crippen LogP contribution in [0.1, 0.15) is 26.3 Å². The lowest BCUT2D eigenvalue weighted by molar-refractivity contribution is -0.119.